The number of benzene rings is 2. The Labute approximate surface area is 140 Å². The van der Waals surface area contributed by atoms with Crippen molar-refractivity contribution in [3.8, 4) is 11.1 Å². The molecule has 4 heteroatoms. The summed E-state index contributed by atoms with van der Waals surface area (Å²) in [6.45, 7) is 0.330. The molecular weight excluding hydrogens is 306 g/mol. The fraction of sp³-hybridized carbons (Fsp3) is 0.316. The molecule has 2 N–H and O–H groups in total. The third-order valence-corrected chi connectivity index (χ3v) is 5.95. The second-order valence-corrected chi connectivity index (χ2v) is 7.52. The van der Waals surface area contributed by atoms with Gasteiger partial charge in [0, 0.05) is 17.9 Å². The molecule has 0 spiro atoms. The first-order valence-electron chi connectivity index (χ1n) is 7.94. The molecule has 23 heavy (non-hydrogen) atoms. The van der Waals surface area contributed by atoms with Crippen LogP contribution in [0.1, 0.15) is 27.9 Å². The highest BCUT2D eigenvalue weighted by Gasteiger charge is 2.32. The largest absolute Gasteiger partial charge is 0.387 e. The summed E-state index contributed by atoms with van der Waals surface area (Å²) in [6, 6.07) is 14.3. The van der Waals surface area contributed by atoms with Gasteiger partial charge in [-0.1, -0.05) is 30.3 Å². The molecule has 0 aromatic heterocycles. The number of carbonyl (C=O) groups excluding carboxylic acids is 1. The lowest BCUT2D eigenvalue weighted by Crippen LogP contribution is -2.42. The molecule has 4 rings (SSSR count). The zero-order chi connectivity index (χ0) is 15.9. The van der Waals surface area contributed by atoms with Crippen LogP contribution in [0.5, 0.6) is 0 Å². The van der Waals surface area contributed by atoms with Gasteiger partial charge in [0.1, 0.15) is 0 Å². The number of hydrogen-bond acceptors (Lipinski definition) is 3. The van der Waals surface area contributed by atoms with Crippen molar-refractivity contribution in [3.05, 3.63) is 59.2 Å². The molecule has 2 aromatic rings. The van der Waals surface area contributed by atoms with E-state index in [1.165, 1.54) is 22.3 Å². The fourth-order valence-corrected chi connectivity index (χ4v) is 4.66. The van der Waals surface area contributed by atoms with E-state index in [2.05, 4.69) is 29.6 Å². The van der Waals surface area contributed by atoms with Crippen LogP contribution in [0.3, 0.4) is 0 Å². The molecule has 0 bridgehead atoms. The van der Waals surface area contributed by atoms with Crippen molar-refractivity contribution in [3.63, 3.8) is 0 Å². The molecule has 1 saturated heterocycles. The van der Waals surface area contributed by atoms with Gasteiger partial charge in [-0.2, -0.15) is 11.8 Å². The summed E-state index contributed by atoms with van der Waals surface area (Å²) in [5.41, 5.74) is 4.94. The summed E-state index contributed by atoms with van der Waals surface area (Å²) in [5, 5.41) is 13.2. The molecule has 118 valence electrons. The highest BCUT2D eigenvalue weighted by molar-refractivity contribution is 7.99. The monoisotopic (exact) mass is 325 g/mol. The molecule has 1 amide bonds. The summed E-state index contributed by atoms with van der Waals surface area (Å²) < 4.78 is 0. The van der Waals surface area contributed by atoms with Crippen molar-refractivity contribution in [2.75, 3.05) is 18.1 Å². The van der Waals surface area contributed by atoms with Gasteiger partial charge in [0.05, 0.1) is 5.60 Å². The maximum absolute atomic E-state index is 12.4. The quantitative estimate of drug-likeness (QED) is 0.778. The Morgan fingerprint density at radius 1 is 1.17 bits per heavy atom. The number of carbonyl (C=O) groups is 1. The lowest BCUT2D eigenvalue weighted by atomic mass is 10.0. The highest BCUT2D eigenvalue weighted by atomic mass is 32.2. The highest BCUT2D eigenvalue weighted by Crippen LogP contribution is 2.36. The van der Waals surface area contributed by atoms with E-state index in [1.54, 1.807) is 11.8 Å². The van der Waals surface area contributed by atoms with Crippen molar-refractivity contribution in [2.24, 2.45) is 0 Å². The Morgan fingerprint density at radius 2 is 2.00 bits per heavy atom. The first-order chi connectivity index (χ1) is 11.1. The smallest absolute Gasteiger partial charge is 0.251 e. The van der Waals surface area contributed by atoms with Crippen LogP contribution < -0.4 is 5.32 Å². The van der Waals surface area contributed by atoms with Gasteiger partial charge in [-0.05, 0) is 53.0 Å². The van der Waals surface area contributed by atoms with Crippen molar-refractivity contribution in [1.29, 1.82) is 0 Å². The van der Waals surface area contributed by atoms with Crippen molar-refractivity contribution in [2.45, 2.75) is 18.4 Å². The standard InChI is InChI=1S/C19H19NO2S/c21-18(20-11-19(22)7-8-23-12-19)14-5-6-17-15(10-14)9-13-3-1-2-4-16(13)17/h1-6,10,22H,7-9,11-12H2,(H,20,21). The Morgan fingerprint density at radius 3 is 2.83 bits per heavy atom. The predicted octanol–water partition coefficient (Wildman–Crippen LogP) is 2.86. The van der Waals surface area contributed by atoms with Crippen LogP contribution in [0.2, 0.25) is 0 Å². The second-order valence-electron chi connectivity index (χ2n) is 6.42. The van der Waals surface area contributed by atoms with Gasteiger partial charge in [-0.15, -0.1) is 0 Å². The molecule has 1 atom stereocenters. The van der Waals surface area contributed by atoms with Gasteiger partial charge in [0.25, 0.3) is 5.91 Å². The van der Waals surface area contributed by atoms with E-state index in [0.717, 1.165) is 18.6 Å². The second kappa shape index (κ2) is 5.69. The number of nitrogens with one attached hydrogen (secondary N) is 1. The molecule has 1 fully saturated rings. The molecule has 1 unspecified atom stereocenters. The third kappa shape index (κ3) is 2.77. The van der Waals surface area contributed by atoms with E-state index in [0.29, 0.717) is 17.9 Å². The van der Waals surface area contributed by atoms with Gasteiger partial charge in [0.2, 0.25) is 0 Å². The Bertz CT molecular complexity index is 766. The Kier molecular flexibility index (Phi) is 3.66. The van der Waals surface area contributed by atoms with Crippen LogP contribution in [-0.4, -0.2) is 34.7 Å². The molecule has 0 saturated carbocycles. The van der Waals surface area contributed by atoms with Gasteiger partial charge >= 0.3 is 0 Å². The van der Waals surface area contributed by atoms with E-state index in [4.69, 9.17) is 0 Å². The molecule has 2 aromatic carbocycles. The van der Waals surface area contributed by atoms with Crippen LogP contribution in [0.25, 0.3) is 11.1 Å². The van der Waals surface area contributed by atoms with E-state index in [1.807, 2.05) is 18.2 Å². The Balaban J connectivity index is 1.50. The van der Waals surface area contributed by atoms with E-state index in [-0.39, 0.29) is 5.91 Å². The topological polar surface area (TPSA) is 49.3 Å². The molecule has 0 radical (unpaired) electrons. The summed E-state index contributed by atoms with van der Waals surface area (Å²) >= 11 is 1.74. The predicted molar refractivity (Wildman–Crippen MR) is 93.9 cm³/mol. The number of fused-ring (bicyclic) bond motifs is 3. The minimum Gasteiger partial charge on any atom is -0.387 e. The SMILES string of the molecule is O=C(NCC1(O)CCSC1)c1ccc2c(c1)Cc1ccccc1-2. The van der Waals surface area contributed by atoms with Crippen LogP contribution in [0.15, 0.2) is 42.5 Å². The first-order valence-corrected chi connectivity index (χ1v) is 9.10. The van der Waals surface area contributed by atoms with Crippen molar-refractivity contribution < 1.29 is 9.90 Å². The first kappa shape index (κ1) is 14.8. The summed E-state index contributed by atoms with van der Waals surface area (Å²) in [4.78, 5) is 12.4. The van der Waals surface area contributed by atoms with Gasteiger partial charge in [-0.3, -0.25) is 4.79 Å². The van der Waals surface area contributed by atoms with Crippen LogP contribution in [-0.2, 0) is 6.42 Å². The fourth-order valence-electron chi connectivity index (χ4n) is 3.37. The number of hydrogen-bond donors (Lipinski definition) is 2. The summed E-state index contributed by atoms with van der Waals surface area (Å²) in [7, 11) is 0. The van der Waals surface area contributed by atoms with Gasteiger partial charge < -0.3 is 10.4 Å². The average Bonchev–Trinajstić information content (AvgIpc) is 3.16. The minimum atomic E-state index is -0.743. The zero-order valence-electron chi connectivity index (χ0n) is 12.8. The maximum Gasteiger partial charge on any atom is 0.251 e. The molecule has 3 nitrogen and oxygen atoms in total. The van der Waals surface area contributed by atoms with Crippen molar-refractivity contribution in [1.82, 2.24) is 5.32 Å². The normalized spacial score (nSPS) is 21.8. The van der Waals surface area contributed by atoms with Gasteiger partial charge in [0.15, 0.2) is 0 Å². The minimum absolute atomic E-state index is 0.103. The molecule has 1 heterocycles. The molecule has 1 aliphatic heterocycles. The third-order valence-electron chi connectivity index (χ3n) is 4.72. The molecule has 2 aliphatic rings. The number of amides is 1. The van der Waals surface area contributed by atoms with Crippen LogP contribution >= 0.6 is 11.8 Å². The molecular formula is C19H19NO2S. The molecule has 1 aliphatic carbocycles. The van der Waals surface area contributed by atoms with Crippen molar-refractivity contribution >= 4 is 17.7 Å². The number of aliphatic hydroxyl groups is 1. The lowest BCUT2D eigenvalue weighted by Gasteiger charge is -2.21. The van der Waals surface area contributed by atoms with E-state index < -0.39 is 5.60 Å². The number of thioether (sulfide) groups is 1. The summed E-state index contributed by atoms with van der Waals surface area (Å²) in [6.07, 6.45) is 1.63. The van der Waals surface area contributed by atoms with E-state index in [9.17, 15) is 9.90 Å². The maximum atomic E-state index is 12.4. The summed E-state index contributed by atoms with van der Waals surface area (Å²) in [5.74, 6) is 1.56. The van der Waals surface area contributed by atoms with E-state index >= 15 is 0 Å². The number of rotatable bonds is 3. The van der Waals surface area contributed by atoms with Gasteiger partial charge in [-0.25, -0.2) is 0 Å². The Hall–Kier alpha value is -1.78. The zero-order valence-corrected chi connectivity index (χ0v) is 13.7. The lowest BCUT2D eigenvalue weighted by molar-refractivity contribution is 0.0612. The average molecular weight is 325 g/mol. The van der Waals surface area contributed by atoms with Crippen LogP contribution in [0, 0.1) is 0 Å². The van der Waals surface area contributed by atoms with Crippen LogP contribution in [0.4, 0.5) is 0 Å².